The lowest BCUT2D eigenvalue weighted by molar-refractivity contribution is -0.145. The van der Waals surface area contributed by atoms with E-state index in [-0.39, 0.29) is 0 Å². The molecule has 3 aromatic rings. The van der Waals surface area contributed by atoms with Crippen molar-refractivity contribution in [1.82, 2.24) is 9.78 Å². The molecule has 0 unspecified atom stereocenters. The highest BCUT2D eigenvalue weighted by atomic mass is 16.5. The van der Waals surface area contributed by atoms with Gasteiger partial charge in [-0.15, -0.1) is 0 Å². The van der Waals surface area contributed by atoms with E-state index in [2.05, 4.69) is 0 Å². The number of benzene rings is 2. The number of hydrogen-bond donors (Lipinski definition) is 2. The van der Waals surface area contributed by atoms with Gasteiger partial charge in [-0.05, 0) is 62.9 Å². The minimum absolute atomic E-state index is 0.386. The van der Waals surface area contributed by atoms with Crippen LogP contribution in [-0.4, -0.2) is 33.1 Å². The summed E-state index contributed by atoms with van der Waals surface area (Å²) in [6.45, 7) is 2.04. The Morgan fingerprint density at radius 3 is 2.30 bits per heavy atom. The molecule has 2 aromatic carbocycles. The molecule has 30 heavy (non-hydrogen) atoms. The van der Waals surface area contributed by atoms with Crippen LogP contribution in [0.5, 0.6) is 5.75 Å². The van der Waals surface area contributed by atoms with Gasteiger partial charge in [0.1, 0.15) is 11.4 Å². The van der Waals surface area contributed by atoms with E-state index in [1.807, 2.05) is 66.2 Å². The summed E-state index contributed by atoms with van der Waals surface area (Å²) < 4.78 is 7.10. The van der Waals surface area contributed by atoms with Crippen LogP contribution in [0.4, 0.5) is 0 Å². The van der Waals surface area contributed by atoms with Crippen molar-refractivity contribution in [1.29, 1.82) is 0 Å². The Morgan fingerprint density at radius 2 is 1.73 bits per heavy atom. The molecule has 1 heterocycles. The van der Waals surface area contributed by atoms with Gasteiger partial charge in [-0.25, -0.2) is 4.68 Å². The van der Waals surface area contributed by atoms with Crippen LogP contribution in [0.2, 0.25) is 0 Å². The fourth-order valence-corrected chi connectivity index (χ4v) is 4.06. The Kier molecular flexibility index (Phi) is 5.35. The predicted octanol–water partition coefficient (Wildman–Crippen LogP) is 4.32. The average molecular weight is 406 g/mol. The van der Waals surface area contributed by atoms with Gasteiger partial charge in [0, 0.05) is 5.56 Å². The maximum atomic E-state index is 11.3. The van der Waals surface area contributed by atoms with Crippen LogP contribution in [0.15, 0.2) is 54.6 Å². The molecule has 0 saturated heterocycles. The number of aryl methyl sites for hydroxylation is 1. The lowest BCUT2D eigenvalue weighted by atomic mass is 9.77. The van der Waals surface area contributed by atoms with Crippen LogP contribution in [0.3, 0.4) is 0 Å². The number of methoxy groups -OCH3 is 1. The van der Waals surface area contributed by atoms with Crippen molar-refractivity contribution < 1.29 is 19.7 Å². The van der Waals surface area contributed by atoms with E-state index >= 15 is 0 Å². The van der Waals surface area contributed by atoms with Crippen LogP contribution in [0, 0.1) is 12.8 Å². The van der Waals surface area contributed by atoms with Gasteiger partial charge in [-0.3, -0.25) is 4.79 Å². The van der Waals surface area contributed by atoms with Crippen molar-refractivity contribution in [3.05, 3.63) is 65.9 Å². The summed E-state index contributed by atoms with van der Waals surface area (Å²) in [4.78, 5) is 11.3. The summed E-state index contributed by atoms with van der Waals surface area (Å²) in [6, 6.07) is 17.7. The summed E-state index contributed by atoms with van der Waals surface area (Å²) in [6.07, 6.45) is 1.66. The van der Waals surface area contributed by atoms with Gasteiger partial charge in [0.15, 0.2) is 0 Å². The number of aliphatic carboxylic acids is 1. The van der Waals surface area contributed by atoms with Crippen molar-refractivity contribution in [3.8, 4) is 22.7 Å². The summed E-state index contributed by atoms with van der Waals surface area (Å²) in [5, 5.41) is 25.4. The fourth-order valence-electron chi connectivity index (χ4n) is 4.06. The maximum absolute atomic E-state index is 11.3. The molecule has 2 N–H and O–H groups in total. The summed E-state index contributed by atoms with van der Waals surface area (Å²) in [5.41, 5.74) is 3.36. The molecule has 0 radical (unpaired) electrons. The first-order valence-corrected chi connectivity index (χ1v) is 10.2. The highest BCUT2D eigenvalue weighted by Crippen LogP contribution is 2.40. The lowest BCUT2D eigenvalue weighted by Crippen LogP contribution is -2.34. The summed E-state index contributed by atoms with van der Waals surface area (Å²) in [7, 11) is 1.63. The second-order valence-electron chi connectivity index (χ2n) is 8.03. The molecule has 156 valence electrons. The predicted molar refractivity (Wildman–Crippen MR) is 114 cm³/mol. The first kappa shape index (κ1) is 20.2. The van der Waals surface area contributed by atoms with E-state index in [9.17, 15) is 15.0 Å². The van der Waals surface area contributed by atoms with E-state index in [1.165, 1.54) is 5.56 Å². The quantitative estimate of drug-likeness (QED) is 0.659. The third kappa shape index (κ3) is 3.83. The van der Waals surface area contributed by atoms with Gasteiger partial charge in [0.2, 0.25) is 0 Å². The SMILES string of the molecule is COc1ccc(-n2nc(C3(O)CCC(C(=O)O)CC3)cc2-c2ccc(C)cc2)cc1. The number of hydrogen-bond acceptors (Lipinski definition) is 4. The highest BCUT2D eigenvalue weighted by molar-refractivity contribution is 5.70. The minimum Gasteiger partial charge on any atom is -0.497 e. The molecule has 1 fully saturated rings. The minimum atomic E-state index is -1.12. The van der Waals surface area contributed by atoms with Crippen molar-refractivity contribution in [2.75, 3.05) is 7.11 Å². The summed E-state index contributed by atoms with van der Waals surface area (Å²) in [5.74, 6) is -0.430. The monoisotopic (exact) mass is 406 g/mol. The highest BCUT2D eigenvalue weighted by Gasteiger charge is 2.39. The second-order valence-corrected chi connectivity index (χ2v) is 8.03. The fraction of sp³-hybridized carbons (Fsp3) is 0.333. The number of rotatable bonds is 5. The van der Waals surface area contributed by atoms with Gasteiger partial charge in [-0.1, -0.05) is 29.8 Å². The number of aromatic nitrogens is 2. The molecule has 1 aromatic heterocycles. The van der Waals surface area contributed by atoms with Gasteiger partial charge in [-0.2, -0.15) is 5.10 Å². The first-order valence-electron chi connectivity index (χ1n) is 10.2. The molecule has 1 saturated carbocycles. The number of nitrogens with zero attached hydrogens (tertiary/aromatic N) is 2. The normalized spacial score (nSPS) is 21.4. The number of aliphatic hydroxyl groups is 1. The van der Waals surface area contributed by atoms with Crippen LogP contribution in [-0.2, 0) is 10.4 Å². The molecule has 0 bridgehead atoms. The van der Waals surface area contributed by atoms with E-state index in [0.29, 0.717) is 31.4 Å². The third-order valence-electron chi connectivity index (χ3n) is 6.01. The lowest BCUT2D eigenvalue weighted by Gasteiger charge is -2.33. The number of ether oxygens (including phenoxy) is 1. The Hall–Kier alpha value is -3.12. The summed E-state index contributed by atoms with van der Waals surface area (Å²) >= 11 is 0. The number of carboxylic acid groups (broad SMARTS) is 1. The zero-order chi connectivity index (χ0) is 21.3. The maximum Gasteiger partial charge on any atom is 0.306 e. The largest absolute Gasteiger partial charge is 0.497 e. The molecular weight excluding hydrogens is 380 g/mol. The zero-order valence-electron chi connectivity index (χ0n) is 17.2. The molecular formula is C24H26N2O4. The van der Waals surface area contributed by atoms with E-state index in [1.54, 1.807) is 7.11 Å². The number of carboxylic acids is 1. The molecule has 4 rings (SSSR count). The van der Waals surface area contributed by atoms with Gasteiger partial charge in [0.25, 0.3) is 0 Å². The smallest absolute Gasteiger partial charge is 0.306 e. The van der Waals surface area contributed by atoms with Gasteiger partial charge in [0.05, 0.1) is 30.1 Å². The number of carbonyl (C=O) groups is 1. The standard InChI is InChI=1S/C24H26N2O4/c1-16-3-5-17(6-4-16)21-15-22(24(29)13-11-18(12-14-24)23(27)28)25-26(21)19-7-9-20(30-2)10-8-19/h3-10,15,18,29H,11-14H2,1-2H3,(H,27,28). The molecule has 6 nitrogen and oxygen atoms in total. The second kappa shape index (κ2) is 7.95. The Labute approximate surface area is 175 Å². The molecule has 1 aliphatic rings. The van der Waals surface area contributed by atoms with Crippen LogP contribution >= 0.6 is 0 Å². The van der Waals surface area contributed by atoms with E-state index < -0.39 is 17.5 Å². The molecule has 0 aliphatic heterocycles. The van der Waals surface area contributed by atoms with Crippen molar-refractivity contribution in [3.63, 3.8) is 0 Å². The third-order valence-corrected chi connectivity index (χ3v) is 6.01. The van der Waals surface area contributed by atoms with E-state index in [4.69, 9.17) is 9.84 Å². The van der Waals surface area contributed by atoms with Crippen molar-refractivity contribution in [2.24, 2.45) is 5.92 Å². The van der Waals surface area contributed by atoms with E-state index in [0.717, 1.165) is 22.7 Å². The molecule has 0 amide bonds. The molecule has 0 spiro atoms. The van der Waals surface area contributed by atoms with Crippen molar-refractivity contribution >= 4 is 5.97 Å². The molecule has 1 aliphatic carbocycles. The van der Waals surface area contributed by atoms with Crippen molar-refractivity contribution in [2.45, 2.75) is 38.2 Å². The van der Waals surface area contributed by atoms with Gasteiger partial charge >= 0.3 is 5.97 Å². The van der Waals surface area contributed by atoms with Crippen LogP contribution in [0.25, 0.3) is 16.9 Å². The molecule has 6 heteroatoms. The van der Waals surface area contributed by atoms with Crippen LogP contribution < -0.4 is 4.74 Å². The average Bonchev–Trinajstić information content (AvgIpc) is 3.21. The first-order chi connectivity index (χ1) is 14.4. The zero-order valence-corrected chi connectivity index (χ0v) is 17.2. The Morgan fingerprint density at radius 1 is 1.10 bits per heavy atom. The van der Waals surface area contributed by atoms with Gasteiger partial charge < -0.3 is 14.9 Å². The topological polar surface area (TPSA) is 84.6 Å². The van der Waals surface area contributed by atoms with Crippen LogP contribution in [0.1, 0.15) is 36.9 Å². The molecule has 0 atom stereocenters. The Bertz CT molecular complexity index is 1030. The Balaban J connectivity index is 1.75.